The second kappa shape index (κ2) is 2.60. The van der Waals surface area contributed by atoms with Crippen LogP contribution in [0.2, 0.25) is 9.26 Å². The van der Waals surface area contributed by atoms with Gasteiger partial charge in [-0.05, 0) is 0 Å². The van der Waals surface area contributed by atoms with Gasteiger partial charge < -0.3 is 0 Å². The van der Waals surface area contributed by atoms with Crippen molar-refractivity contribution in [3.63, 3.8) is 0 Å². The monoisotopic (exact) mass is 374 g/mol. The Morgan fingerprint density at radius 2 is 1.20 bits per heavy atom. The molecule has 0 fully saturated rings. The Hall–Kier alpha value is 2.34. The van der Waals surface area contributed by atoms with Gasteiger partial charge in [0.15, 0.2) is 0 Å². The fraction of sp³-hybridized carbons (Fsp3) is 1.00. The molecule has 0 saturated carbocycles. The van der Waals surface area contributed by atoms with Gasteiger partial charge in [-0.1, -0.05) is 0 Å². The van der Waals surface area contributed by atoms with Crippen molar-refractivity contribution in [2.75, 3.05) is 0 Å². The van der Waals surface area contributed by atoms with E-state index < -0.39 is 11.9 Å². The Balaban J connectivity index is 3.02. The van der Waals surface area contributed by atoms with E-state index in [4.69, 9.17) is 0 Å². The van der Waals surface area contributed by atoms with E-state index in [1.54, 1.807) is 0 Å². The van der Waals surface area contributed by atoms with Crippen molar-refractivity contribution in [2.45, 2.75) is 9.26 Å². The summed E-state index contributed by atoms with van der Waals surface area (Å²) < 4.78 is 4.74. The Morgan fingerprint density at radius 1 is 1.20 bits per heavy atom. The fourth-order valence-corrected chi connectivity index (χ4v) is 0. The zero-order chi connectivity index (χ0) is 4.50. The van der Waals surface area contributed by atoms with Gasteiger partial charge in [0.1, 0.15) is 0 Å². The van der Waals surface area contributed by atoms with Crippen LogP contribution >= 0.6 is 36.1 Å². The van der Waals surface area contributed by atoms with Crippen LogP contribution in [0.15, 0.2) is 0 Å². The van der Waals surface area contributed by atoms with Crippen molar-refractivity contribution in [3.8, 4) is 0 Å². The van der Waals surface area contributed by atoms with E-state index in [9.17, 15) is 0 Å². The van der Waals surface area contributed by atoms with Crippen molar-refractivity contribution in [1.82, 2.24) is 0 Å². The third kappa shape index (κ3) is 21.8. The zero-order valence-corrected chi connectivity index (χ0v) is 10.0. The second-order valence-corrected chi connectivity index (χ2v) is 52.0. The van der Waals surface area contributed by atoms with Crippen molar-refractivity contribution in [3.05, 3.63) is 0 Å². The van der Waals surface area contributed by atoms with E-state index in [2.05, 4.69) is 45.4 Å². The molecule has 0 amide bonds. The predicted molar refractivity (Wildman–Crippen MR) is 39.8 cm³/mol. The molecular formula is C2H6I2Zr. The average Bonchev–Trinajstić information content (AvgIpc) is 0.722. The van der Waals surface area contributed by atoms with E-state index >= 15 is 0 Å². The van der Waals surface area contributed by atoms with Gasteiger partial charge in [-0.2, -0.15) is 0 Å². The molecule has 0 N–H and O–H groups in total. The first kappa shape index (κ1) is 7.34. The molecule has 0 aliphatic carbocycles. The molecule has 0 atom stereocenters. The molecule has 32 valence electrons. The van der Waals surface area contributed by atoms with Crippen molar-refractivity contribution in [1.29, 1.82) is 0 Å². The SMILES string of the molecule is [CH3][Zr]([CH3])([I])[I]. The van der Waals surface area contributed by atoms with Crippen LogP contribution in [0, 0.1) is 0 Å². The van der Waals surface area contributed by atoms with Crippen molar-refractivity contribution in [2.24, 2.45) is 0 Å². The van der Waals surface area contributed by atoms with Crippen LogP contribution in [0.3, 0.4) is 0 Å². The first-order chi connectivity index (χ1) is 2.00. The average molecular weight is 375 g/mol. The van der Waals surface area contributed by atoms with Gasteiger partial charge in [-0.15, -0.1) is 0 Å². The molecule has 0 aliphatic rings. The van der Waals surface area contributed by atoms with Gasteiger partial charge in [0.2, 0.25) is 0 Å². The summed E-state index contributed by atoms with van der Waals surface area (Å²) in [5.41, 5.74) is 0. The van der Waals surface area contributed by atoms with Crippen molar-refractivity contribution >= 4 is 36.1 Å². The Morgan fingerprint density at radius 3 is 1.20 bits per heavy atom. The maximum absolute atomic E-state index is 2.57. The van der Waals surface area contributed by atoms with Gasteiger partial charge in [-0.3, -0.25) is 0 Å². The molecule has 5 heavy (non-hydrogen) atoms. The molecule has 3 heteroatoms. The first-order valence-electron chi connectivity index (χ1n) is 1.38. The van der Waals surface area contributed by atoms with Crippen LogP contribution in [0.25, 0.3) is 0 Å². The van der Waals surface area contributed by atoms with E-state index in [0.29, 0.717) is 0 Å². The first-order valence-corrected chi connectivity index (χ1v) is 20.9. The third-order valence-electron chi connectivity index (χ3n) is 0. The number of hydrogen-bond acceptors (Lipinski definition) is 0. The molecule has 0 spiro atoms. The van der Waals surface area contributed by atoms with E-state index in [1.165, 1.54) is 0 Å². The summed E-state index contributed by atoms with van der Waals surface area (Å²) in [6.07, 6.45) is 0. The van der Waals surface area contributed by atoms with Crippen LogP contribution in [0.5, 0.6) is 0 Å². The minimum absolute atomic E-state index is 1.24. The van der Waals surface area contributed by atoms with Gasteiger partial charge in [0.25, 0.3) is 0 Å². The molecule has 0 rings (SSSR count). The summed E-state index contributed by atoms with van der Waals surface area (Å²) in [4.78, 5) is 0. The van der Waals surface area contributed by atoms with Gasteiger partial charge in [0.05, 0.1) is 0 Å². The van der Waals surface area contributed by atoms with E-state index in [1.807, 2.05) is 0 Å². The Kier molecular flexibility index (Phi) is 3.82. The summed E-state index contributed by atoms with van der Waals surface area (Å²) in [6.45, 7) is 0. The summed E-state index contributed by atoms with van der Waals surface area (Å²) in [5, 5.41) is 0. The molecule has 0 aromatic rings. The quantitative estimate of drug-likeness (QED) is 0.572. The topological polar surface area (TPSA) is 0 Å². The molecule has 0 aliphatic heterocycles. The van der Waals surface area contributed by atoms with Crippen LogP contribution in [0.4, 0.5) is 0 Å². The summed E-state index contributed by atoms with van der Waals surface area (Å²) in [7, 11) is 0. The normalized spacial score (nSPS) is 12.0. The molecule has 0 radical (unpaired) electrons. The molecule has 0 heterocycles. The molecule has 0 aromatic heterocycles. The molecular weight excluding hydrogens is 369 g/mol. The van der Waals surface area contributed by atoms with E-state index in [0.717, 1.165) is 0 Å². The molecule has 0 aromatic carbocycles. The summed E-state index contributed by atoms with van der Waals surface area (Å²) in [5.74, 6) is 0. The number of hydrogen-bond donors (Lipinski definition) is 0. The molecule has 0 bridgehead atoms. The Labute approximate surface area is 55.9 Å². The third-order valence-corrected chi connectivity index (χ3v) is 0. The minimum atomic E-state index is -1.24. The maximum atomic E-state index is 2.57. The zero-order valence-electron chi connectivity index (χ0n) is 3.26. The van der Waals surface area contributed by atoms with E-state index in [-0.39, 0.29) is 0 Å². The number of rotatable bonds is 0. The molecule has 0 saturated heterocycles. The predicted octanol–water partition coefficient (Wildman–Crippen LogP) is 2.94. The summed E-state index contributed by atoms with van der Waals surface area (Å²) in [6, 6.07) is 0. The summed E-state index contributed by atoms with van der Waals surface area (Å²) >= 11 is 3.91. The van der Waals surface area contributed by atoms with Crippen LogP contribution in [-0.2, 0) is 11.9 Å². The molecule has 0 unspecified atom stereocenters. The van der Waals surface area contributed by atoms with Crippen molar-refractivity contribution < 1.29 is 11.9 Å². The molecule has 0 nitrogen and oxygen atoms in total. The van der Waals surface area contributed by atoms with Crippen LogP contribution in [-0.4, -0.2) is 0 Å². The van der Waals surface area contributed by atoms with Gasteiger partial charge in [-0.25, -0.2) is 0 Å². The van der Waals surface area contributed by atoms with Gasteiger partial charge in [0, 0.05) is 0 Å². The second-order valence-electron chi connectivity index (χ2n) is 1.33. The standard InChI is InChI=1S/2CH3.2HI.Zr/h2*1H3;2*1H;/q;;;;+2/p-2. The number of halogens is 2. The Bertz CT molecular complexity index is 23.1. The van der Waals surface area contributed by atoms with Gasteiger partial charge >= 0.3 is 57.2 Å². The van der Waals surface area contributed by atoms with Crippen LogP contribution in [0.1, 0.15) is 0 Å². The fourth-order valence-electron chi connectivity index (χ4n) is 0. The van der Waals surface area contributed by atoms with Crippen LogP contribution < -0.4 is 0 Å².